The third kappa shape index (κ3) is 5.61. The second kappa shape index (κ2) is 10.9. The number of rotatable bonds is 6. The lowest BCUT2D eigenvalue weighted by atomic mass is 10.1. The Morgan fingerprint density at radius 1 is 0.722 bits per heavy atom. The van der Waals surface area contributed by atoms with Crippen LogP contribution in [0.1, 0.15) is 26.3 Å². The predicted octanol–water partition coefficient (Wildman–Crippen LogP) is 5.54. The Morgan fingerprint density at radius 3 is 2.17 bits per heavy atom. The Bertz CT molecular complexity index is 1470. The average Bonchev–Trinajstić information content (AvgIpc) is 2.87. The van der Waals surface area contributed by atoms with Gasteiger partial charge in [-0.25, -0.2) is 0 Å². The monoisotopic (exact) mass is 499 g/mol. The number of hydrogen-bond acceptors (Lipinski definition) is 5. The molecule has 4 aromatic carbocycles. The molecule has 0 heterocycles. The molecule has 0 unspecified atom stereocenters. The van der Waals surface area contributed by atoms with Gasteiger partial charge in [0.1, 0.15) is 0 Å². The van der Waals surface area contributed by atoms with E-state index in [-0.39, 0.29) is 11.0 Å². The molecule has 0 aromatic heterocycles. The van der Waals surface area contributed by atoms with Crippen LogP contribution in [-0.4, -0.2) is 31.1 Å². The van der Waals surface area contributed by atoms with Crippen LogP contribution in [0.2, 0.25) is 0 Å². The molecule has 8 heteroatoms. The van der Waals surface area contributed by atoms with E-state index in [4.69, 9.17) is 21.7 Å². The van der Waals surface area contributed by atoms with Gasteiger partial charge in [-0.2, -0.15) is 0 Å². The zero-order chi connectivity index (χ0) is 25.7. The molecule has 0 radical (unpaired) electrons. The maximum absolute atomic E-state index is 12.8. The number of methoxy groups -OCH3 is 2. The fourth-order valence-corrected chi connectivity index (χ4v) is 4.04. The van der Waals surface area contributed by atoms with Gasteiger partial charge in [0.05, 0.1) is 14.2 Å². The largest absolute Gasteiger partial charge is 0.493 e. The van der Waals surface area contributed by atoms with E-state index in [2.05, 4.69) is 16.0 Å². The molecule has 182 valence electrons. The number of aryl methyl sites for hydroxylation is 1. The van der Waals surface area contributed by atoms with Gasteiger partial charge in [0, 0.05) is 22.5 Å². The summed E-state index contributed by atoms with van der Waals surface area (Å²) in [5.74, 6) is 0.406. The summed E-state index contributed by atoms with van der Waals surface area (Å²) in [5, 5.41) is 10.7. The molecule has 4 rings (SSSR count). The number of nitrogens with one attached hydrogen (secondary N) is 3. The summed E-state index contributed by atoms with van der Waals surface area (Å²) in [6, 6.07) is 23.8. The van der Waals surface area contributed by atoms with Crippen molar-refractivity contribution < 1.29 is 19.1 Å². The highest BCUT2D eigenvalue weighted by Gasteiger charge is 2.15. The van der Waals surface area contributed by atoms with E-state index in [1.165, 1.54) is 7.11 Å². The second-order valence-electron chi connectivity index (χ2n) is 8.03. The smallest absolute Gasteiger partial charge is 0.257 e. The normalized spacial score (nSPS) is 10.4. The third-order valence-electron chi connectivity index (χ3n) is 5.54. The number of thiocarbonyl (C=S) groups is 1. The summed E-state index contributed by atoms with van der Waals surface area (Å²) in [7, 11) is 3.05. The van der Waals surface area contributed by atoms with Gasteiger partial charge >= 0.3 is 0 Å². The van der Waals surface area contributed by atoms with Crippen molar-refractivity contribution in [2.24, 2.45) is 0 Å². The minimum Gasteiger partial charge on any atom is -0.493 e. The van der Waals surface area contributed by atoms with Crippen LogP contribution in [0.5, 0.6) is 11.5 Å². The Balaban J connectivity index is 1.41. The van der Waals surface area contributed by atoms with E-state index in [0.717, 1.165) is 16.3 Å². The van der Waals surface area contributed by atoms with Crippen LogP contribution in [0.15, 0.2) is 78.9 Å². The van der Waals surface area contributed by atoms with Crippen LogP contribution in [0.3, 0.4) is 0 Å². The Labute approximate surface area is 214 Å². The molecule has 0 atom stereocenters. The number of amides is 2. The highest BCUT2D eigenvalue weighted by atomic mass is 32.1. The second-order valence-corrected chi connectivity index (χ2v) is 8.44. The van der Waals surface area contributed by atoms with Crippen molar-refractivity contribution in [3.8, 4) is 11.5 Å². The van der Waals surface area contributed by atoms with Crippen molar-refractivity contribution >= 4 is 51.3 Å². The first-order valence-corrected chi connectivity index (χ1v) is 11.5. The molecule has 0 spiro atoms. The van der Waals surface area contributed by atoms with E-state index in [1.807, 2.05) is 43.3 Å². The van der Waals surface area contributed by atoms with Gasteiger partial charge in [0.15, 0.2) is 16.6 Å². The van der Waals surface area contributed by atoms with Crippen molar-refractivity contribution in [3.05, 3.63) is 95.6 Å². The number of fused-ring (bicyclic) bond motifs is 1. The summed E-state index contributed by atoms with van der Waals surface area (Å²) in [4.78, 5) is 25.5. The zero-order valence-electron chi connectivity index (χ0n) is 20.0. The van der Waals surface area contributed by atoms with Crippen LogP contribution in [0.25, 0.3) is 10.8 Å². The molecule has 0 fully saturated rings. The van der Waals surface area contributed by atoms with Crippen molar-refractivity contribution in [1.29, 1.82) is 0 Å². The lowest BCUT2D eigenvalue weighted by Crippen LogP contribution is -2.34. The maximum atomic E-state index is 12.8. The van der Waals surface area contributed by atoms with Crippen molar-refractivity contribution in [2.45, 2.75) is 6.92 Å². The molecule has 0 saturated carbocycles. The van der Waals surface area contributed by atoms with Gasteiger partial charge < -0.3 is 20.1 Å². The summed E-state index contributed by atoms with van der Waals surface area (Å²) >= 11 is 5.32. The van der Waals surface area contributed by atoms with Gasteiger partial charge in [-0.3, -0.25) is 14.9 Å². The number of carbonyl (C=O) groups is 2. The van der Waals surface area contributed by atoms with Gasteiger partial charge in [-0.05, 0) is 77.9 Å². The standard InChI is InChI=1S/C28H25N3O4S/c1-17-13-21(15-24(34-2)25(17)35-3)27(33)31-28(36)30-23-10-6-9-22(16-23)29-26(32)20-12-11-18-7-4-5-8-19(18)14-20/h4-16H,1-3H3,(H,29,32)(H2,30,31,33,36). The van der Waals surface area contributed by atoms with Crippen LogP contribution in [0, 0.1) is 6.92 Å². The fourth-order valence-electron chi connectivity index (χ4n) is 3.83. The first kappa shape index (κ1) is 24.7. The molecule has 0 aliphatic heterocycles. The predicted molar refractivity (Wildman–Crippen MR) is 146 cm³/mol. The molecule has 7 nitrogen and oxygen atoms in total. The summed E-state index contributed by atoms with van der Waals surface area (Å²) in [5.41, 5.74) is 2.89. The number of carbonyl (C=O) groups excluding carboxylic acids is 2. The number of hydrogen-bond donors (Lipinski definition) is 3. The molecule has 2 amide bonds. The SMILES string of the molecule is COc1cc(C(=O)NC(=S)Nc2cccc(NC(=O)c3ccc4ccccc4c3)c2)cc(C)c1OC. The first-order valence-electron chi connectivity index (χ1n) is 11.1. The molecule has 3 N–H and O–H groups in total. The summed E-state index contributed by atoms with van der Waals surface area (Å²) in [6.07, 6.45) is 0. The molecule has 0 aliphatic rings. The quantitative estimate of drug-likeness (QED) is 0.302. The highest BCUT2D eigenvalue weighted by Crippen LogP contribution is 2.32. The molecular weight excluding hydrogens is 474 g/mol. The molecule has 4 aromatic rings. The van der Waals surface area contributed by atoms with E-state index >= 15 is 0 Å². The van der Waals surface area contributed by atoms with Crippen molar-refractivity contribution in [3.63, 3.8) is 0 Å². The van der Waals surface area contributed by atoms with Crippen molar-refractivity contribution in [2.75, 3.05) is 24.9 Å². The minimum absolute atomic E-state index is 0.116. The first-order chi connectivity index (χ1) is 17.4. The van der Waals surface area contributed by atoms with Crippen LogP contribution in [0.4, 0.5) is 11.4 Å². The third-order valence-corrected chi connectivity index (χ3v) is 5.75. The summed E-state index contributed by atoms with van der Waals surface area (Å²) < 4.78 is 10.6. The maximum Gasteiger partial charge on any atom is 0.257 e. The number of benzene rings is 4. The average molecular weight is 500 g/mol. The van der Waals surface area contributed by atoms with Crippen molar-refractivity contribution in [1.82, 2.24) is 5.32 Å². The molecule has 0 bridgehead atoms. The minimum atomic E-state index is -0.391. The highest BCUT2D eigenvalue weighted by molar-refractivity contribution is 7.80. The van der Waals surface area contributed by atoms with Gasteiger partial charge in [-0.1, -0.05) is 36.4 Å². The Hall–Kier alpha value is -4.43. The van der Waals surface area contributed by atoms with E-state index < -0.39 is 5.91 Å². The van der Waals surface area contributed by atoms with Gasteiger partial charge in [-0.15, -0.1) is 0 Å². The molecule has 0 aliphatic carbocycles. The summed E-state index contributed by atoms with van der Waals surface area (Å²) in [6.45, 7) is 1.83. The molecule has 0 saturated heterocycles. The zero-order valence-corrected chi connectivity index (χ0v) is 20.9. The number of anilines is 2. The fraction of sp³-hybridized carbons (Fsp3) is 0.107. The van der Waals surface area contributed by atoms with Crippen LogP contribution in [-0.2, 0) is 0 Å². The molecule has 36 heavy (non-hydrogen) atoms. The lowest BCUT2D eigenvalue weighted by molar-refractivity contribution is 0.0976. The van der Waals surface area contributed by atoms with Gasteiger partial charge in [0.2, 0.25) is 0 Å². The van der Waals surface area contributed by atoms with Crippen LogP contribution < -0.4 is 25.4 Å². The topological polar surface area (TPSA) is 88.7 Å². The van der Waals surface area contributed by atoms with E-state index in [1.54, 1.807) is 49.6 Å². The molecular formula is C28H25N3O4S. The van der Waals surface area contributed by atoms with Crippen LogP contribution >= 0.6 is 12.2 Å². The van der Waals surface area contributed by atoms with E-state index in [0.29, 0.717) is 34.0 Å². The number of ether oxygens (including phenoxy) is 2. The Morgan fingerprint density at radius 2 is 1.44 bits per heavy atom. The van der Waals surface area contributed by atoms with Gasteiger partial charge in [0.25, 0.3) is 11.8 Å². The Kier molecular flexibility index (Phi) is 7.46. The van der Waals surface area contributed by atoms with E-state index in [9.17, 15) is 9.59 Å². The lowest BCUT2D eigenvalue weighted by Gasteiger charge is -2.14.